The van der Waals surface area contributed by atoms with Crippen molar-refractivity contribution >= 4 is 92.7 Å². The van der Waals surface area contributed by atoms with Gasteiger partial charge in [-0.2, -0.15) is 0 Å². The van der Waals surface area contributed by atoms with E-state index < -0.39 is 0 Å². The molecule has 0 aliphatic carbocycles. The van der Waals surface area contributed by atoms with Gasteiger partial charge in [0.25, 0.3) is 0 Å². The van der Waals surface area contributed by atoms with Gasteiger partial charge in [0.05, 0.1) is 53.7 Å². The fourth-order valence-corrected chi connectivity index (χ4v) is 7.71. The Labute approximate surface area is 314 Å². The van der Waals surface area contributed by atoms with Crippen molar-refractivity contribution in [1.29, 1.82) is 0 Å². The molecule has 0 bridgehead atoms. The molecule has 4 nitrogen and oxygen atoms in total. The van der Waals surface area contributed by atoms with E-state index in [2.05, 4.69) is 67.8 Å². The van der Waals surface area contributed by atoms with Crippen LogP contribution in [0.3, 0.4) is 0 Å². The second kappa shape index (κ2) is 15.6. The molecule has 1 aliphatic heterocycles. The van der Waals surface area contributed by atoms with Crippen LogP contribution in [0, 0.1) is 13.8 Å². The van der Waals surface area contributed by atoms with Gasteiger partial charge in [0.15, 0.2) is 0 Å². The van der Waals surface area contributed by atoms with E-state index in [1.54, 1.807) is 0 Å². The first-order valence-corrected chi connectivity index (χ1v) is 18.2. The maximum absolute atomic E-state index is 6.92. The van der Waals surface area contributed by atoms with Crippen LogP contribution in [0.2, 0.25) is 30.1 Å². The van der Waals surface area contributed by atoms with Crippen LogP contribution in [0.15, 0.2) is 70.6 Å². The highest BCUT2D eigenvalue weighted by Crippen LogP contribution is 2.45. The second-order valence-electron chi connectivity index (χ2n) is 12.7. The van der Waals surface area contributed by atoms with Crippen LogP contribution in [-0.2, 0) is 0 Å². The number of aryl methyl sites for hydroxylation is 2. The van der Waals surface area contributed by atoms with Gasteiger partial charge < -0.3 is 9.80 Å². The van der Waals surface area contributed by atoms with Gasteiger partial charge in [-0.3, -0.25) is 0 Å². The summed E-state index contributed by atoms with van der Waals surface area (Å²) in [6.45, 7) is 14.7. The average molecular weight is 763 g/mol. The zero-order chi connectivity index (χ0) is 34.9. The fourth-order valence-electron chi connectivity index (χ4n) is 6.04. The summed E-state index contributed by atoms with van der Waals surface area (Å²) in [5.74, 6) is 1.94. The molecule has 4 aromatic rings. The number of benzene rings is 4. The van der Waals surface area contributed by atoms with E-state index in [0.29, 0.717) is 47.2 Å². The van der Waals surface area contributed by atoms with Gasteiger partial charge in [-0.15, -0.1) is 0 Å². The van der Waals surface area contributed by atoms with E-state index in [1.165, 1.54) is 11.1 Å². The van der Waals surface area contributed by atoms with E-state index in [4.69, 9.17) is 79.6 Å². The molecule has 0 spiro atoms. The third-order valence-electron chi connectivity index (χ3n) is 8.44. The lowest BCUT2D eigenvalue weighted by molar-refractivity contribution is 0.214. The molecule has 1 saturated heterocycles. The smallest absolute Gasteiger partial charge is 0.141 e. The molecule has 4 aromatic carbocycles. The zero-order valence-electron chi connectivity index (χ0n) is 27.8. The van der Waals surface area contributed by atoms with Crippen molar-refractivity contribution in [3.05, 3.63) is 124 Å². The second-order valence-corrected chi connectivity index (χ2v) is 15.0. The lowest BCUT2D eigenvalue weighted by Gasteiger charge is -2.40. The number of nitrogens with zero attached hydrogens (tertiary/aromatic N) is 4. The number of halogens is 6. The number of hydrogen-bond donors (Lipinski definition) is 0. The molecule has 0 unspecified atom stereocenters. The topological polar surface area (TPSA) is 31.2 Å². The lowest BCUT2D eigenvalue weighted by atomic mass is 9.93. The van der Waals surface area contributed by atoms with Gasteiger partial charge in [-0.05, 0) is 60.4 Å². The van der Waals surface area contributed by atoms with Crippen molar-refractivity contribution in [1.82, 2.24) is 9.80 Å². The van der Waals surface area contributed by atoms with Crippen LogP contribution in [0.4, 0.5) is 11.4 Å². The largest absolute Gasteiger partial charge is 0.338 e. The molecule has 1 fully saturated rings. The Kier molecular flexibility index (Phi) is 12.0. The molecule has 0 atom stereocenters. The normalized spacial score (nSPS) is 14.5. The summed E-state index contributed by atoms with van der Waals surface area (Å²) in [7, 11) is 0. The van der Waals surface area contributed by atoms with Gasteiger partial charge in [-0.25, -0.2) is 9.98 Å². The monoisotopic (exact) mass is 760 g/mol. The van der Waals surface area contributed by atoms with E-state index in [1.807, 2.05) is 44.2 Å². The Bertz CT molecular complexity index is 1810. The predicted molar refractivity (Wildman–Crippen MR) is 209 cm³/mol. The minimum absolute atomic E-state index is 0.0875. The average Bonchev–Trinajstić information content (AvgIpc) is 3.06. The predicted octanol–water partition coefficient (Wildman–Crippen LogP) is 13.3. The first kappa shape index (κ1) is 36.8. The first-order valence-electron chi connectivity index (χ1n) is 15.9. The Morgan fingerprint density at radius 1 is 0.625 bits per heavy atom. The first-order chi connectivity index (χ1) is 22.8. The summed E-state index contributed by atoms with van der Waals surface area (Å²) in [6.07, 6.45) is 0.804. The van der Waals surface area contributed by atoms with Gasteiger partial charge in [0.2, 0.25) is 0 Å². The lowest BCUT2D eigenvalue weighted by Crippen LogP contribution is -2.50. The minimum Gasteiger partial charge on any atom is -0.338 e. The maximum Gasteiger partial charge on any atom is 0.141 e. The Morgan fingerprint density at radius 3 is 1.69 bits per heavy atom. The number of para-hydroxylation sites is 1. The van der Waals surface area contributed by atoms with Gasteiger partial charge in [-0.1, -0.05) is 152 Å². The Morgan fingerprint density at radius 2 is 1.15 bits per heavy atom. The summed E-state index contributed by atoms with van der Waals surface area (Å²) in [5, 5.41) is 1.14. The van der Waals surface area contributed by atoms with Crippen LogP contribution in [-0.4, -0.2) is 41.2 Å². The molecule has 10 heteroatoms. The van der Waals surface area contributed by atoms with Crippen LogP contribution < -0.4 is 0 Å². The Hall–Kier alpha value is -2.44. The molecular weight excluding hydrogens is 725 g/mol. The van der Waals surface area contributed by atoms with E-state index in [0.717, 1.165) is 41.2 Å². The minimum atomic E-state index is 0.0875. The SMILES string of the molecule is Cc1cc(C)c(N=C(c2c(Cl)c(Cl)c(Cl)c(Cl)c2Cl)N2CCCN(C(=Nc3c(C(C)C)cccc3C(C)C)c3ccccc3)C2)c(Cl)c1. The summed E-state index contributed by atoms with van der Waals surface area (Å²) in [5.41, 5.74) is 7.37. The van der Waals surface area contributed by atoms with Crippen molar-refractivity contribution < 1.29 is 0 Å². The van der Waals surface area contributed by atoms with E-state index >= 15 is 0 Å². The van der Waals surface area contributed by atoms with Crippen molar-refractivity contribution in [2.45, 2.75) is 59.8 Å². The molecule has 252 valence electrons. The molecule has 0 saturated carbocycles. The van der Waals surface area contributed by atoms with Gasteiger partial charge >= 0.3 is 0 Å². The van der Waals surface area contributed by atoms with E-state index in [-0.39, 0.29) is 25.1 Å². The maximum atomic E-state index is 6.92. The highest BCUT2D eigenvalue weighted by molar-refractivity contribution is 6.56. The number of hydrogen-bond acceptors (Lipinski definition) is 2. The summed E-state index contributed by atoms with van der Waals surface area (Å²) < 4.78 is 0. The van der Waals surface area contributed by atoms with Crippen molar-refractivity contribution in [3.8, 4) is 0 Å². The van der Waals surface area contributed by atoms with Crippen LogP contribution >= 0.6 is 69.6 Å². The fraction of sp³-hybridized carbons (Fsp3) is 0.316. The van der Waals surface area contributed by atoms with Gasteiger partial charge in [0, 0.05) is 18.7 Å². The van der Waals surface area contributed by atoms with Crippen LogP contribution in [0.25, 0.3) is 0 Å². The summed E-state index contributed by atoms with van der Waals surface area (Å²) >= 11 is 40.3. The van der Waals surface area contributed by atoms with Gasteiger partial charge in [0.1, 0.15) is 11.7 Å². The highest BCUT2D eigenvalue weighted by Gasteiger charge is 2.31. The molecule has 48 heavy (non-hydrogen) atoms. The molecule has 0 amide bonds. The quantitative estimate of drug-likeness (QED) is 0.0848. The molecule has 1 aliphatic rings. The molecular formula is C38H38Cl6N4. The number of amidine groups is 2. The zero-order valence-corrected chi connectivity index (χ0v) is 32.3. The number of aliphatic imine (C=N–C) groups is 2. The summed E-state index contributed by atoms with van der Waals surface area (Å²) in [6, 6.07) is 20.7. The summed E-state index contributed by atoms with van der Waals surface area (Å²) in [4.78, 5) is 15.1. The van der Waals surface area contributed by atoms with Crippen molar-refractivity contribution in [3.63, 3.8) is 0 Å². The van der Waals surface area contributed by atoms with Crippen LogP contribution in [0.5, 0.6) is 0 Å². The number of rotatable bonds is 6. The third kappa shape index (κ3) is 7.65. The molecule has 0 N–H and O–H groups in total. The molecule has 0 aromatic heterocycles. The molecule has 5 rings (SSSR count). The van der Waals surface area contributed by atoms with E-state index in [9.17, 15) is 0 Å². The standard InChI is InChI=1S/C38H38Cl6N4/c1-21(2)26-14-10-15-27(22(3)4)36(26)46-37(25-12-8-7-9-13-25)47-16-11-17-48(20-47)38(45-35-24(6)18-23(5)19-28(35)39)29-30(40)32(42)34(44)33(43)31(29)41/h7-10,12-15,18-19,21-22H,11,16-17,20H2,1-6H3. The molecule has 1 heterocycles. The third-order valence-corrected chi connectivity index (χ3v) is 11.0. The van der Waals surface area contributed by atoms with Crippen molar-refractivity contribution in [2.24, 2.45) is 9.98 Å². The highest BCUT2D eigenvalue weighted by atomic mass is 35.5. The van der Waals surface area contributed by atoms with Crippen LogP contribution in [0.1, 0.15) is 79.3 Å². The van der Waals surface area contributed by atoms with Crippen molar-refractivity contribution in [2.75, 3.05) is 19.8 Å². The molecule has 0 radical (unpaired) electrons. The Balaban J connectivity index is 1.72.